The molecule has 2 aromatic carbocycles. The van der Waals surface area contributed by atoms with E-state index in [2.05, 4.69) is 26.4 Å². The summed E-state index contributed by atoms with van der Waals surface area (Å²) in [4.78, 5) is 23.9. The van der Waals surface area contributed by atoms with E-state index in [1.807, 2.05) is 63.2 Å². The molecule has 1 heterocycles. The molecule has 0 radical (unpaired) electrons. The van der Waals surface area contributed by atoms with E-state index in [4.69, 9.17) is 4.42 Å². The van der Waals surface area contributed by atoms with Crippen molar-refractivity contribution in [2.45, 2.75) is 33.6 Å². The number of carbonyl (C=O) groups is 2. The highest BCUT2D eigenvalue weighted by molar-refractivity contribution is 5.84. The second kappa shape index (κ2) is 9.69. The summed E-state index contributed by atoms with van der Waals surface area (Å²) in [6.07, 6.45) is 0.391. The Bertz CT molecular complexity index is 1030. The maximum Gasteiger partial charge on any atom is 0.257 e. The molecule has 0 aliphatic carbocycles. The Balaban J connectivity index is 1.39. The number of nitrogens with zero attached hydrogens (tertiary/aromatic N) is 2. The molecule has 0 spiro atoms. The number of rotatable bonds is 7. The standard InChI is InChI=1S/C22H25N5O3/c1-14-4-7-17(8-5-14)22-27-26-21(30-22)11-10-19(28)24-25-20(29)13-23-18-9-6-15(2)12-16(18)3/h4-9,12,23H,10-11,13H2,1-3H3,(H,24,28)(H,25,29). The highest BCUT2D eigenvalue weighted by Crippen LogP contribution is 2.18. The maximum absolute atomic E-state index is 12.0. The summed E-state index contributed by atoms with van der Waals surface area (Å²) in [5, 5.41) is 11.0. The molecule has 2 amide bonds. The van der Waals surface area contributed by atoms with Gasteiger partial charge in [0, 0.05) is 24.1 Å². The fourth-order valence-corrected chi connectivity index (χ4v) is 2.82. The zero-order chi connectivity index (χ0) is 21.5. The van der Waals surface area contributed by atoms with Crippen molar-refractivity contribution in [2.75, 3.05) is 11.9 Å². The molecule has 30 heavy (non-hydrogen) atoms. The molecular weight excluding hydrogens is 382 g/mol. The molecule has 0 atom stereocenters. The number of nitrogens with one attached hydrogen (secondary N) is 3. The molecule has 0 saturated carbocycles. The molecule has 0 aliphatic heterocycles. The van der Waals surface area contributed by atoms with Crippen LogP contribution in [0.1, 0.15) is 29.0 Å². The topological polar surface area (TPSA) is 109 Å². The molecule has 3 N–H and O–H groups in total. The lowest BCUT2D eigenvalue weighted by Crippen LogP contribution is -2.44. The van der Waals surface area contributed by atoms with Crippen molar-refractivity contribution >= 4 is 17.5 Å². The normalized spacial score (nSPS) is 10.5. The van der Waals surface area contributed by atoms with Gasteiger partial charge in [0.05, 0.1) is 6.54 Å². The Morgan fingerprint density at radius 3 is 2.33 bits per heavy atom. The van der Waals surface area contributed by atoms with E-state index in [1.165, 1.54) is 0 Å². The molecule has 156 valence electrons. The number of carbonyl (C=O) groups excluding carboxylic acids is 2. The predicted octanol–water partition coefficient (Wildman–Crippen LogP) is 2.85. The minimum Gasteiger partial charge on any atom is -0.421 e. The van der Waals surface area contributed by atoms with Crippen LogP contribution >= 0.6 is 0 Å². The summed E-state index contributed by atoms with van der Waals surface area (Å²) in [6, 6.07) is 13.7. The van der Waals surface area contributed by atoms with Crippen LogP contribution in [0.4, 0.5) is 5.69 Å². The predicted molar refractivity (Wildman–Crippen MR) is 113 cm³/mol. The summed E-state index contributed by atoms with van der Waals surface area (Å²) in [5.41, 5.74) is 9.83. The highest BCUT2D eigenvalue weighted by Gasteiger charge is 2.11. The van der Waals surface area contributed by atoms with Gasteiger partial charge in [-0.1, -0.05) is 35.4 Å². The molecule has 0 aliphatic rings. The van der Waals surface area contributed by atoms with Gasteiger partial charge in [0.25, 0.3) is 5.91 Å². The molecule has 0 fully saturated rings. The van der Waals surface area contributed by atoms with Crippen LogP contribution in [0.2, 0.25) is 0 Å². The fourth-order valence-electron chi connectivity index (χ4n) is 2.82. The molecule has 0 saturated heterocycles. The molecule has 8 heteroatoms. The molecule has 3 rings (SSSR count). The molecular formula is C22H25N5O3. The quantitative estimate of drug-likeness (QED) is 0.520. The third kappa shape index (κ3) is 5.91. The minimum absolute atomic E-state index is 0.0494. The number of hydrogen-bond donors (Lipinski definition) is 3. The van der Waals surface area contributed by atoms with Crippen molar-refractivity contribution in [1.82, 2.24) is 21.0 Å². The largest absolute Gasteiger partial charge is 0.421 e. The fraction of sp³-hybridized carbons (Fsp3) is 0.273. The number of aromatic nitrogens is 2. The summed E-state index contributed by atoms with van der Waals surface area (Å²) in [6.45, 7) is 6.03. The van der Waals surface area contributed by atoms with Crippen molar-refractivity contribution in [3.63, 3.8) is 0 Å². The van der Waals surface area contributed by atoms with Gasteiger partial charge in [0.2, 0.25) is 17.7 Å². The summed E-state index contributed by atoms with van der Waals surface area (Å²) >= 11 is 0. The van der Waals surface area contributed by atoms with Gasteiger partial charge < -0.3 is 9.73 Å². The second-order valence-corrected chi connectivity index (χ2v) is 7.14. The molecule has 3 aromatic rings. The molecule has 0 unspecified atom stereocenters. The van der Waals surface area contributed by atoms with Crippen molar-refractivity contribution < 1.29 is 14.0 Å². The van der Waals surface area contributed by atoms with Crippen LogP contribution < -0.4 is 16.2 Å². The number of benzene rings is 2. The van der Waals surface area contributed by atoms with E-state index in [0.29, 0.717) is 11.8 Å². The van der Waals surface area contributed by atoms with Crippen LogP contribution in [-0.2, 0) is 16.0 Å². The zero-order valence-corrected chi connectivity index (χ0v) is 17.3. The van der Waals surface area contributed by atoms with Gasteiger partial charge >= 0.3 is 0 Å². The Labute approximate surface area is 175 Å². The van der Waals surface area contributed by atoms with Gasteiger partial charge in [0.1, 0.15) is 0 Å². The first-order valence-electron chi connectivity index (χ1n) is 9.69. The summed E-state index contributed by atoms with van der Waals surface area (Å²) in [7, 11) is 0. The monoisotopic (exact) mass is 407 g/mol. The van der Waals surface area contributed by atoms with E-state index in [-0.39, 0.29) is 31.2 Å². The van der Waals surface area contributed by atoms with Crippen molar-refractivity contribution in [3.8, 4) is 11.5 Å². The molecule has 8 nitrogen and oxygen atoms in total. The van der Waals surface area contributed by atoms with E-state index in [1.54, 1.807) is 0 Å². The number of amides is 2. The first-order valence-corrected chi connectivity index (χ1v) is 9.69. The van der Waals surface area contributed by atoms with Gasteiger partial charge in [-0.05, 0) is 44.5 Å². The molecule has 0 bridgehead atoms. The number of hydrogen-bond acceptors (Lipinski definition) is 6. The Morgan fingerprint density at radius 1 is 0.900 bits per heavy atom. The van der Waals surface area contributed by atoms with Gasteiger partial charge in [0.15, 0.2) is 0 Å². The lowest BCUT2D eigenvalue weighted by molar-refractivity contribution is -0.128. The number of anilines is 1. The first-order chi connectivity index (χ1) is 14.4. The van der Waals surface area contributed by atoms with E-state index < -0.39 is 0 Å². The Hall–Kier alpha value is -3.68. The van der Waals surface area contributed by atoms with Crippen LogP contribution in [0.25, 0.3) is 11.5 Å². The second-order valence-electron chi connectivity index (χ2n) is 7.14. The van der Waals surface area contributed by atoms with Crippen LogP contribution in [-0.4, -0.2) is 28.6 Å². The summed E-state index contributed by atoms with van der Waals surface area (Å²) < 4.78 is 5.59. The van der Waals surface area contributed by atoms with Gasteiger partial charge in [-0.15, -0.1) is 10.2 Å². The van der Waals surface area contributed by atoms with E-state index in [9.17, 15) is 9.59 Å². The number of aryl methyl sites for hydroxylation is 4. The van der Waals surface area contributed by atoms with Crippen LogP contribution in [0.15, 0.2) is 46.9 Å². The third-order valence-corrected chi connectivity index (χ3v) is 4.49. The number of hydrazine groups is 1. The SMILES string of the molecule is Cc1ccc(-c2nnc(CCC(=O)NNC(=O)CNc3ccc(C)cc3C)o2)cc1. The zero-order valence-electron chi connectivity index (χ0n) is 17.3. The van der Waals surface area contributed by atoms with Crippen molar-refractivity contribution in [3.05, 3.63) is 65.0 Å². The van der Waals surface area contributed by atoms with Crippen molar-refractivity contribution in [1.29, 1.82) is 0 Å². The smallest absolute Gasteiger partial charge is 0.257 e. The summed E-state index contributed by atoms with van der Waals surface area (Å²) in [5.74, 6) is 0.0903. The molecule has 1 aromatic heterocycles. The van der Waals surface area contributed by atoms with Crippen LogP contribution in [0, 0.1) is 20.8 Å². The van der Waals surface area contributed by atoms with Gasteiger partial charge in [-0.3, -0.25) is 20.4 Å². The minimum atomic E-state index is -0.345. The Kier molecular flexibility index (Phi) is 6.79. The first kappa shape index (κ1) is 21.0. The lowest BCUT2D eigenvalue weighted by atomic mass is 10.1. The third-order valence-electron chi connectivity index (χ3n) is 4.49. The highest BCUT2D eigenvalue weighted by atomic mass is 16.4. The van der Waals surface area contributed by atoms with E-state index >= 15 is 0 Å². The van der Waals surface area contributed by atoms with Crippen molar-refractivity contribution in [2.24, 2.45) is 0 Å². The van der Waals surface area contributed by atoms with E-state index in [0.717, 1.165) is 27.9 Å². The van der Waals surface area contributed by atoms with Gasteiger partial charge in [-0.25, -0.2) is 0 Å². The van der Waals surface area contributed by atoms with Crippen LogP contribution in [0.3, 0.4) is 0 Å². The Morgan fingerprint density at radius 2 is 1.60 bits per heavy atom. The van der Waals surface area contributed by atoms with Crippen LogP contribution in [0.5, 0.6) is 0 Å². The maximum atomic E-state index is 12.0. The van der Waals surface area contributed by atoms with Gasteiger partial charge in [-0.2, -0.15) is 0 Å². The lowest BCUT2D eigenvalue weighted by Gasteiger charge is -2.11. The average Bonchev–Trinajstić information content (AvgIpc) is 3.19. The average molecular weight is 407 g/mol.